The van der Waals surface area contributed by atoms with Crippen LogP contribution in [0.4, 0.5) is 0 Å². The first-order valence-electron chi connectivity index (χ1n) is 27.6. The lowest BCUT2D eigenvalue weighted by atomic mass is 9.90. The second-order valence-corrected chi connectivity index (χ2v) is 24.3. The van der Waals surface area contributed by atoms with Crippen LogP contribution in [0, 0.1) is 28.6 Å². The van der Waals surface area contributed by atoms with Crippen molar-refractivity contribution in [3.05, 3.63) is 0 Å². The number of amides is 4. The molecule has 0 bridgehead atoms. The van der Waals surface area contributed by atoms with Crippen LogP contribution in [0.1, 0.15) is 218 Å². The molecule has 1 aliphatic rings. The lowest BCUT2D eigenvalue weighted by molar-refractivity contribution is -0.315. The number of carbonyl (C=O) groups is 4. The largest absolute Gasteiger partial charge is 0.388 e. The van der Waals surface area contributed by atoms with Crippen LogP contribution in [0.25, 0.3) is 0 Å². The molecule has 0 saturated carbocycles. The molecule has 1 saturated heterocycles. The van der Waals surface area contributed by atoms with Crippen LogP contribution >= 0.6 is 0 Å². The molecule has 446 valence electrons. The first kappa shape index (κ1) is 78.5. The van der Waals surface area contributed by atoms with Crippen LogP contribution in [-0.2, 0) is 47.6 Å². The van der Waals surface area contributed by atoms with Crippen LogP contribution in [-0.4, -0.2) is 143 Å². The van der Waals surface area contributed by atoms with Gasteiger partial charge in [0.05, 0.1) is 58.3 Å². The maximum absolute atomic E-state index is 11.9. The Morgan fingerprint density at radius 2 is 1.00 bits per heavy atom. The second-order valence-electron chi connectivity index (χ2n) is 24.3. The fraction of sp³-hybridized carbons (Fsp3) is 0.912. The fourth-order valence-corrected chi connectivity index (χ4v) is 6.76. The lowest BCUT2D eigenvalue weighted by Crippen LogP contribution is -2.63. The van der Waals surface area contributed by atoms with Crippen LogP contribution in [0.2, 0.25) is 0 Å². The molecule has 4 amide bonds. The van der Waals surface area contributed by atoms with E-state index in [2.05, 4.69) is 27.3 Å². The molecule has 1 heterocycles. The summed E-state index contributed by atoms with van der Waals surface area (Å²) >= 11 is 0. The van der Waals surface area contributed by atoms with Gasteiger partial charge in [-0.1, -0.05) is 55.4 Å². The maximum atomic E-state index is 11.9. The second kappa shape index (κ2) is 37.8. The summed E-state index contributed by atoms with van der Waals surface area (Å²) < 4.78 is 34.7. The van der Waals surface area contributed by atoms with Gasteiger partial charge >= 0.3 is 0 Å². The molecule has 0 unspecified atom stereocenters. The van der Waals surface area contributed by atoms with E-state index in [0.717, 1.165) is 19.3 Å². The summed E-state index contributed by atoms with van der Waals surface area (Å²) in [4.78, 5) is 46.0. The summed E-state index contributed by atoms with van der Waals surface area (Å²) in [5, 5.41) is 49.3. The zero-order valence-corrected chi connectivity index (χ0v) is 52.1. The Morgan fingerprint density at radius 3 is 1.39 bits per heavy atom. The minimum atomic E-state index is -1.59. The number of nitriles is 1. The molecule has 18 heteroatoms. The summed E-state index contributed by atoms with van der Waals surface area (Å²) in [6, 6.07) is 1.24. The predicted molar refractivity (Wildman–Crippen MR) is 299 cm³/mol. The lowest BCUT2D eigenvalue weighted by Gasteiger charge is -2.40. The Hall–Kier alpha value is -2.99. The number of unbranched alkanes of at least 4 members (excludes halogenated alkanes) is 2. The molecule has 0 aromatic carbocycles. The van der Waals surface area contributed by atoms with Gasteiger partial charge in [0.2, 0.25) is 23.6 Å². The van der Waals surface area contributed by atoms with E-state index in [1.807, 2.05) is 166 Å². The van der Waals surface area contributed by atoms with Crippen molar-refractivity contribution in [2.75, 3.05) is 39.5 Å². The summed E-state index contributed by atoms with van der Waals surface area (Å²) in [6.07, 6.45) is -0.862. The van der Waals surface area contributed by atoms with E-state index in [9.17, 15) is 34.5 Å². The quantitative estimate of drug-likeness (QED) is 0.0380. The number of nitrogens with one attached hydrogen (secondary N) is 4. The molecule has 0 spiro atoms. The van der Waals surface area contributed by atoms with Crippen molar-refractivity contribution in [3.8, 4) is 6.07 Å². The van der Waals surface area contributed by atoms with E-state index in [4.69, 9.17) is 33.7 Å². The van der Waals surface area contributed by atoms with E-state index in [1.165, 1.54) is 6.92 Å². The monoisotopic (exact) mass is 1080 g/mol. The zero-order chi connectivity index (χ0) is 59.8. The van der Waals surface area contributed by atoms with Gasteiger partial charge in [0.1, 0.15) is 18.2 Å². The molecule has 0 radical (unpaired) electrons. The minimum absolute atomic E-state index is 0.0180. The van der Waals surface area contributed by atoms with Crippen LogP contribution in [0.15, 0.2) is 0 Å². The highest BCUT2D eigenvalue weighted by Gasteiger charge is 2.45. The van der Waals surface area contributed by atoms with Gasteiger partial charge in [-0.25, -0.2) is 0 Å². The summed E-state index contributed by atoms with van der Waals surface area (Å²) in [7, 11) is 0. The van der Waals surface area contributed by atoms with Gasteiger partial charge in [0.25, 0.3) is 0 Å². The number of aliphatic hydroxyl groups is 3. The maximum Gasteiger partial charge on any atom is 0.222 e. The van der Waals surface area contributed by atoms with E-state index in [-0.39, 0.29) is 69.8 Å². The topological polar surface area (TPSA) is 256 Å². The Kier molecular flexibility index (Phi) is 39.5. The highest BCUT2D eigenvalue weighted by Crippen LogP contribution is 2.26. The Labute approximate surface area is 456 Å². The van der Waals surface area contributed by atoms with Crippen molar-refractivity contribution >= 4 is 23.6 Å². The molecule has 1 fully saturated rings. The predicted octanol–water partition coefficient (Wildman–Crippen LogP) is 8.65. The van der Waals surface area contributed by atoms with Crippen molar-refractivity contribution in [2.24, 2.45) is 17.3 Å². The van der Waals surface area contributed by atoms with Gasteiger partial charge in [-0.15, -0.1) is 0 Å². The zero-order valence-electron chi connectivity index (χ0n) is 52.1. The average Bonchev–Trinajstić information content (AvgIpc) is 3.27. The minimum Gasteiger partial charge on any atom is -0.388 e. The van der Waals surface area contributed by atoms with Gasteiger partial charge in [0.15, 0.2) is 12.6 Å². The average molecular weight is 1080 g/mol. The Balaban J connectivity index is -0.000000489. The van der Waals surface area contributed by atoms with Gasteiger partial charge in [-0.05, 0) is 149 Å². The molecule has 0 aliphatic carbocycles. The summed E-state index contributed by atoms with van der Waals surface area (Å²) in [5.41, 5.74) is -2.22. The molecule has 75 heavy (non-hydrogen) atoms. The third kappa shape index (κ3) is 43.7. The van der Waals surface area contributed by atoms with Gasteiger partial charge < -0.3 is 65.0 Å². The van der Waals surface area contributed by atoms with Crippen LogP contribution < -0.4 is 21.3 Å². The normalized spacial score (nSPS) is 18.3. The van der Waals surface area contributed by atoms with Gasteiger partial charge in [-0.2, -0.15) is 5.26 Å². The molecule has 7 N–H and O–H groups in total. The highest BCUT2D eigenvalue weighted by molar-refractivity contribution is 5.78. The third-order valence-corrected chi connectivity index (χ3v) is 10.5. The third-order valence-electron chi connectivity index (χ3n) is 10.5. The summed E-state index contributed by atoms with van der Waals surface area (Å²) in [6.45, 7) is 51.9. The number of ether oxygens (including phenoxy) is 6. The number of rotatable bonds is 27. The molecular weight excluding hydrogens is 963 g/mol. The molecule has 5 atom stereocenters. The van der Waals surface area contributed by atoms with E-state index in [0.29, 0.717) is 58.5 Å². The number of hydrogen-bond acceptors (Lipinski definition) is 14. The number of nitrogens with zero attached hydrogens (tertiary/aromatic N) is 1. The van der Waals surface area contributed by atoms with Crippen molar-refractivity contribution in [2.45, 2.75) is 282 Å². The first-order valence-corrected chi connectivity index (χ1v) is 27.6. The number of aliphatic hydroxyl groups excluding tert-OH is 3. The molecule has 1 aliphatic heterocycles. The molecular formula is C57H115N5O13. The van der Waals surface area contributed by atoms with Crippen molar-refractivity contribution in [3.63, 3.8) is 0 Å². The van der Waals surface area contributed by atoms with E-state index >= 15 is 0 Å². The molecule has 1 rings (SSSR count). The van der Waals surface area contributed by atoms with Gasteiger partial charge in [-0.3, -0.25) is 19.2 Å². The SMILES string of the molecule is CC.CC.CC(=O)N[C@H]1[C@H](OCCCCCNC(=O)C(C)C)O[C@H](O)[C@H](O)[C@@H]1O.CC(C)(C#N)CCC(=O)NCCC(C)(C)OCC(C)(C)OC(C)(C)C.CC(C)C(=O)NCCC(C)(C)OCC(C)(C)OC(C)(C)C. The van der Waals surface area contributed by atoms with E-state index in [1.54, 1.807) is 0 Å². The Morgan fingerprint density at radius 1 is 0.587 bits per heavy atom. The van der Waals surface area contributed by atoms with Gasteiger partial charge in [0, 0.05) is 51.4 Å². The van der Waals surface area contributed by atoms with Crippen molar-refractivity contribution < 1.29 is 62.9 Å². The smallest absolute Gasteiger partial charge is 0.222 e. The number of carbonyl (C=O) groups excluding carboxylic acids is 4. The first-order chi connectivity index (χ1) is 34.1. The molecule has 0 aromatic heterocycles. The van der Waals surface area contributed by atoms with Crippen molar-refractivity contribution in [1.82, 2.24) is 21.3 Å². The fourth-order valence-electron chi connectivity index (χ4n) is 6.76. The van der Waals surface area contributed by atoms with Crippen LogP contribution in [0.3, 0.4) is 0 Å². The molecule has 18 nitrogen and oxygen atoms in total. The number of hydrogen-bond donors (Lipinski definition) is 7. The van der Waals surface area contributed by atoms with Crippen LogP contribution in [0.5, 0.6) is 0 Å². The molecule has 0 aromatic rings. The van der Waals surface area contributed by atoms with Crippen molar-refractivity contribution in [1.29, 1.82) is 5.26 Å². The van der Waals surface area contributed by atoms with E-state index < -0.39 is 42.2 Å². The standard InChI is InChI=1S/C20H38N2O3.C17H35NO3.C16H30N2O7.2C2H6/c1-17(2,3)25-20(8,9)15-24-19(6,7)12-13-22-16(23)10-11-18(4,5)14-21;1-13(2)14(19)18-11-10-16(6,7)20-12-17(8,9)21-15(3,4)5;1-9(2)14(22)17-7-5-4-6-8-24-16-11(18-10(3)19)12(20)13(21)15(23)25-16;2*1-2/h10-13,15H2,1-9H3,(H,22,23);13H,10-12H2,1-9H3,(H,18,19);9,11-13,15-16,20-21,23H,4-8H2,1-3H3,(H,17,22)(H,18,19);2*1-2H3/t;;11-,12-,13-,15+,16-;;/m..1../s1. The highest BCUT2D eigenvalue weighted by atomic mass is 16.7. The summed E-state index contributed by atoms with van der Waals surface area (Å²) in [5.74, 6) is -0.339. The Bertz CT molecular complexity index is 1600.